The van der Waals surface area contributed by atoms with Crippen LogP contribution in [0.3, 0.4) is 0 Å². The van der Waals surface area contributed by atoms with E-state index < -0.39 is 0 Å². The van der Waals surface area contributed by atoms with Gasteiger partial charge in [0, 0.05) is 17.0 Å². The largest absolute Gasteiger partial charge is 0.256 e. The summed E-state index contributed by atoms with van der Waals surface area (Å²) >= 11 is 12.1. The predicted octanol–water partition coefficient (Wildman–Crippen LogP) is 7.44. The van der Waals surface area contributed by atoms with Gasteiger partial charge in [-0.3, -0.25) is 4.98 Å². The number of nitrogens with zero attached hydrogens (tertiary/aromatic N) is 2. The second-order valence-electron chi connectivity index (χ2n) is 6.20. The molecule has 0 N–H and O–H groups in total. The molecule has 0 saturated heterocycles. The fraction of sp³-hybridized carbons (Fsp3) is 0. The molecule has 0 amide bonds. The maximum absolute atomic E-state index is 6.22. The van der Waals surface area contributed by atoms with E-state index in [1.54, 1.807) is 0 Å². The maximum Gasteiger partial charge on any atom is 0.139 e. The van der Waals surface area contributed by atoms with Crippen LogP contribution in [0.4, 0.5) is 0 Å². The van der Waals surface area contributed by atoms with Crippen LogP contribution in [0, 0.1) is 0 Å². The van der Waals surface area contributed by atoms with Crippen molar-refractivity contribution in [1.82, 2.24) is 9.97 Å². The molecule has 0 radical (unpaired) electrons. The number of aromatic nitrogens is 2. The average molecular weight is 403 g/mol. The molecule has 5 rings (SSSR count). The number of halogens is 2. The smallest absolute Gasteiger partial charge is 0.139 e. The molecule has 2 heterocycles. The molecule has 0 unspecified atom stereocenters. The lowest BCUT2D eigenvalue weighted by Crippen LogP contribution is -1.85. The van der Waals surface area contributed by atoms with Crippen LogP contribution in [0.1, 0.15) is 0 Å². The maximum atomic E-state index is 6.22. The van der Waals surface area contributed by atoms with Gasteiger partial charge in [-0.1, -0.05) is 96.0 Å². The van der Waals surface area contributed by atoms with Crippen LogP contribution >= 0.6 is 23.2 Å². The number of rotatable bonds is 1. The second-order valence-corrected chi connectivity index (χ2v) is 6.95. The van der Waals surface area contributed by atoms with Gasteiger partial charge >= 0.3 is 0 Å². The van der Waals surface area contributed by atoms with Gasteiger partial charge in [0.15, 0.2) is 0 Å². The molecule has 28 heavy (non-hydrogen) atoms. The quantitative estimate of drug-likeness (QED) is 0.272. The lowest BCUT2D eigenvalue weighted by Gasteiger charge is -2.08. The number of para-hydroxylation sites is 1. The first kappa shape index (κ1) is 18.4. The molecule has 0 atom stereocenters. The Balaban J connectivity index is 0.000000162. The van der Waals surface area contributed by atoms with Crippen LogP contribution in [0.2, 0.25) is 10.3 Å². The summed E-state index contributed by atoms with van der Waals surface area (Å²) in [6.45, 7) is 0. The summed E-state index contributed by atoms with van der Waals surface area (Å²) in [5, 5.41) is 4.00. The molecule has 2 nitrogen and oxygen atoms in total. The highest BCUT2D eigenvalue weighted by Crippen LogP contribution is 2.33. The van der Waals surface area contributed by atoms with Gasteiger partial charge in [0.05, 0.1) is 5.52 Å². The summed E-state index contributed by atoms with van der Waals surface area (Å²) < 4.78 is 0. The third-order valence-corrected chi connectivity index (χ3v) is 4.85. The zero-order valence-corrected chi connectivity index (χ0v) is 16.4. The monoisotopic (exact) mass is 402 g/mol. The van der Waals surface area contributed by atoms with E-state index in [0.29, 0.717) is 10.3 Å². The number of fused-ring (bicyclic) bond motifs is 2. The Kier molecular flexibility index (Phi) is 5.52. The number of hydrogen-bond donors (Lipinski definition) is 0. The Bertz CT molecular complexity index is 1170. The van der Waals surface area contributed by atoms with Crippen molar-refractivity contribution in [1.29, 1.82) is 0 Å². The van der Waals surface area contributed by atoms with Gasteiger partial charge in [-0.2, -0.15) is 0 Å². The summed E-state index contributed by atoms with van der Waals surface area (Å²) in [6, 6.07) is 30.1. The Morgan fingerprint density at radius 1 is 0.643 bits per heavy atom. The van der Waals surface area contributed by atoms with Crippen LogP contribution in [0.5, 0.6) is 0 Å². The predicted molar refractivity (Wildman–Crippen MR) is 119 cm³/mol. The highest BCUT2D eigenvalue weighted by atomic mass is 35.5. The summed E-state index contributed by atoms with van der Waals surface area (Å²) in [5.41, 5.74) is 3.25. The lowest BCUT2D eigenvalue weighted by atomic mass is 10.00. The van der Waals surface area contributed by atoms with Crippen LogP contribution in [-0.4, -0.2) is 9.97 Å². The fourth-order valence-corrected chi connectivity index (χ4v) is 3.65. The SMILES string of the molecule is Clc1cc2cccc(-c3ccccc3)c2c(Cl)n1.c1ccc2ncccc2c1. The molecule has 136 valence electrons. The third-order valence-electron chi connectivity index (χ3n) is 4.38. The molecule has 0 fully saturated rings. The van der Waals surface area contributed by atoms with Crippen molar-refractivity contribution in [2.24, 2.45) is 0 Å². The van der Waals surface area contributed by atoms with Crippen molar-refractivity contribution >= 4 is 44.9 Å². The molecule has 0 spiro atoms. The van der Waals surface area contributed by atoms with Crippen molar-refractivity contribution in [2.75, 3.05) is 0 Å². The summed E-state index contributed by atoms with van der Waals surface area (Å²) in [7, 11) is 0. The van der Waals surface area contributed by atoms with Gasteiger partial charge in [0.25, 0.3) is 0 Å². The minimum Gasteiger partial charge on any atom is -0.256 e. The van der Waals surface area contributed by atoms with E-state index in [9.17, 15) is 0 Å². The number of benzene rings is 3. The summed E-state index contributed by atoms with van der Waals surface area (Å²) in [5.74, 6) is 0. The number of hydrogen-bond acceptors (Lipinski definition) is 2. The molecule has 0 aliphatic heterocycles. The van der Waals surface area contributed by atoms with Crippen LogP contribution in [0.25, 0.3) is 32.8 Å². The minimum absolute atomic E-state index is 0.415. The van der Waals surface area contributed by atoms with Crippen LogP contribution in [-0.2, 0) is 0 Å². The highest BCUT2D eigenvalue weighted by Gasteiger charge is 2.09. The van der Waals surface area contributed by atoms with Gasteiger partial charge in [0.1, 0.15) is 10.3 Å². The molecule has 2 aromatic heterocycles. The summed E-state index contributed by atoms with van der Waals surface area (Å²) in [4.78, 5) is 8.30. The minimum atomic E-state index is 0.415. The van der Waals surface area contributed by atoms with Gasteiger partial charge in [0.2, 0.25) is 0 Å². The normalized spacial score (nSPS) is 10.5. The van der Waals surface area contributed by atoms with Gasteiger partial charge < -0.3 is 0 Å². The molecule has 0 saturated carbocycles. The molecule has 4 heteroatoms. The first-order valence-electron chi connectivity index (χ1n) is 8.82. The van der Waals surface area contributed by atoms with Crippen molar-refractivity contribution in [3.05, 3.63) is 107 Å². The molecular weight excluding hydrogens is 387 g/mol. The van der Waals surface area contributed by atoms with Crippen LogP contribution < -0.4 is 0 Å². The van der Waals surface area contributed by atoms with Crippen molar-refractivity contribution < 1.29 is 0 Å². The Hall–Kier alpha value is -2.94. The molecule has 3 aromatic carbocycles. The van der Waals surface area contributed by atoms with E-state index in [1.807, 2.05) is 72.9 Å². The molecule has 0 bridgehead atoms. The van der Waals surface area contributed by atoms with E-state index >= 15 is 0 Å². The van der Waals surface area contributed by atoms with E-state index in [-0.39, 0.29) is 0 Å². The fourth-order valence-electron chi connectivity index (χ4n) is 3.11. The first-order chi connectivity index (χ1) is 13.7. The zero-order valence-electron chi connectivity index (χ0n) is 14.9. The third kappa shape index (κ3) is 3.99. The molecule has 0 aliphatic rings. The average Bonchev–Trinajstić information content (AvgIpc) is 2.74. The Morgan fingerprint density at radius 2 is 1.36 bits per heavy atom. The Labute approximate surface area is 173 Å². The topological polar surface area (TPSA) is 25.8 Å². The first-order valence-corrected chi connectivity index (χ1v) is 9.58. The number of pyridine rings is 2. The van der Waals surface area contributed by atoms with E-state index in [1.165, 1.54) is 5.39 Å². The molecule has 0 aliphatic carbocycles. The highest BCUT2D eigenvalue weighted by molar-refractivity contribution is 6.37. The van der Waals surface area contributed by atoms with E-state index in [4.69, 9.17) is 23.2 Å². The van der Waals surface area contributed by atoms with Gasteiger partial charge in [-0.25, -0.2) is 4.98 Å². The summed E-state index contributed by atoms with van der Waals surface area (Å²) in [6.07, 6.45) is 1.81. The van der Waals surface area contributed by atoms with Gasteiger partial charge in [-0.15, -0.1) is 0 Å². The zero-order chi connectivity index (χ0) is 19.3. The molecule has 5 aromatic rings. The molecular formula is C24H16Cl2N2. The van der Waals surface area contributed by atoms with Crippen molar-refractivity contribution in [3.8, 4) is 11.1 Å². The standard InChI is InChI=1S/C15H9Cl2N.C9H7N/c16-13-9-11-7-4-8-12(14(11)15(17)18-13)10-5-2-1-3-6-10;1-2-6-9-8(4-1)5-3-7-10-9/h1-9H;1-7H. The lowest BCUT2D eigenvalue weighted by molar-refractivity contribution is 1.36. The van der Waals surface area contributed by atoms with Crippen molar-refractivity contribution in [3.63, 3.8) is 0 Å². The van der Waals surface area contributed by atoms with E-state index in [0.717, 1.165) is 27.4 Å². The second kappa shape index (κ2) is 8.39. The van der Waals surface area contributed by atoms with Crippen LogP contribution in [0.15, 0.2) is 97.2 Å². The van der Waals surface area contributed by atoms with Crippen molar-refractivity contribution in [2.45, 2.75) is 0 Å². The Morgan fingerprint density at radius 3 is 2.18 bits per heavy atom. The van der Waals surface area contributed by atoms with Gasteiger partial charge in [-0.05, 0) is 34.7 Å². The van der Waals surface area contributed by atoms with E-state index in [2.05, 4.69) is 34.2 Å².